The zero-order valence-corrected chi connectivity index (χ0v) is 11.7. The van der Waals surface area contributed by atoms with Crippen molar-refractivity contribution in [3.05, 3.63) is 42.1 Å². The Hall–Kier alpha value is -1.94. The maximum absolute atomic E-state index is 12.6. The molecule has 1 aliphatic rings. The number of amides is 1. The summed E-state index contributed by atoms with van der Waals surface area (Å²) in [7, 11) is 0. The second-order valence-corrected chi connectivity index (χ2v) is 5.90. The first-order valence-electron chi connectivity index (χ1n) is 6.95. The lowest BCUT2D eigenvalue weighted by molar-refractivity contribution is 0.0777. The van der Waals surface area contributed by atoms with Crippen molar-refractivity contribution in [1.82, 2.24) is 9.88 Å². The molecule has 4 nitrogen and oxygen atoms in total. The predicted molar refractivity (Wildman–Crippen MR) is 79.4 cm³/mol. The van der Waals surface area contributed by atoms with Crippen LogP contribution in [0, 0.1) is 5.41 Å². The summed E-state index contributed by atoms with van der Waals surface area (Å²) in [6.07, 6.45) is 2.74. The van der Waals surface area contributed by atoms with Crippen molar-refractivity contribution in [3.8, 4) is 0 Å². The zero-order chi connectivity index (χ0) is 14.2. The van der Waals surface area contributed by atoms with E-state index in [-0.39, 0.29) is 11.3 Å². The first-order valence-corrected chi connectivity index (χ1v) is 6.95. The van der Waals surface area contributed by atoms with Crippen LogP contribution in [0.15, 0.2) is 36.5 Å². The molecule has 1 saturated heterocycles. The van der Waals surface area contributed by atoms with Gasteiger partial charge in [-0.25, -0.2) is 0 Å². The standard InChI is InChI=1S/C16H19N3O/c1-16(10-17)6-8-19(11-16)15(20)13-4-5-14-12(9-13)3-2-7-18-14/h2-5,7,9H,6,8,10-11,17H2,1H3. The van der Waals surface area contributed by atoms with Gasteiger partial charge < -0.3 is 10.6 Å². The van der Waals surface area contributed by atoms with E-state index >= 15 is 0 Å². The molecule has 1 aliphatic heterocycles. The summed E-state index contributed by atoms with van der Waals surface area (Å²) in [5, 5.41) is 0.999. The van der Waals surface area contributed by atoms with Crippen molar-refractivity contribution in [2.24, 2.45) is 11.1 Å². The number of carbonyl (C=O) groups is 1. The summed E-state index contributed by atoms with van der Waals surface area (Å²) >= 11 is 0. The number of nitrogens with zero attached hydrogens (tertiary/aromatic N) is 2. The maximum atomic E-state index is 12.6. The SMILES string of the molecule is CC1(CN)CCN(C(=O)c2ccc3ncccc3c2)C1. The second kappa shape index (κ2) is 4.87. The molecule has 1 fully saturated rings. The van der Waals surface area contributed by atoms with Crippen molar-refractivity contribution >= 4 is 16.8 Å². The van der Waals surface area contributed by atoms with Gasteiger partial charge in [0.05, 0.1) is 5.52 Å². The molecule has 0 aliphatic carbocycles. The van der Waals surface area contributed by atoms with Crippen molar-refractivity contribution in [3.63, 3.8) is 0 Å². The Morgan fingerprint density at radius 3 is 3.05 bits per heavy atom. The second-order valence-electron chi connectivity index (χ2n) is 5.90. The van der Waals surface area contributed by atoms with Gasteiger partial charge in [0.25, 0.3) is 5.91 Å². The quantitative estimate of drug-likeness (QED) is 0.907. The van der Waals surface area contributed by atoms with Crippen LogP contribution in [0.3, 0.4) is 0 Å². The number of aromatic nitrogens is 1. The molecule has 1 atom stereocenters. The summed E-state index contributed by atoms with van der Waals surface area (Å²) < 4.78 is 0. The Labute approximate surface area is 118 Å². The molecule has 0 bridgehead atoms. The van der Waals surface area contributed by atoms with E-state index in [0.29, 0.717) is 6.54 Å². The minimum absolute atomic E-state index is 0.0636. The number of carbonyl (C=O) groups excluding carboxylic acids is 1. The lowest BCUT2D eigenvalue weighted by Gasteiger charge is -2.22. The highest BCUT2D eigenvalue weighted by Crippen LogP contribution is 2.29. The van der Waals surface area contributed by atoms with Gasteiger partial charge in [-0.05, 0) is 42.6 Å². The highest BCUT2D eigenvalue weighted by molar-refractivity contribution is 5.98. The van der Waals surface area contributed by atoms with E-state index in [0.717, 1.165) is 36.0 Å². The first-order chi connectivity index (χ1) is 9.61. The molecule has 3 rings (SSSR count). The van der Waals surface area contributed by atoms with Crippen LogP contribution >= 0.6 is 0 Å². The molecule has 0 saturated carbocycles. The number of hydrogen-bond acceptors (Lipinski definition) is 3. The number of fused-ring (bicyclic) bond motifs is 1. The number of likely N-dealkylation sites (tertiary alicyclic amines) is 1. The fourth-order valence-electron chi connectivity index (χ4n) is 2.75. The molecule has 4 heteroatoms. The monoisotopic (exact) mass is 269 g/mol. The van der Waals surface area contributed by atoms with E-state index in [1.807, 2.05) is 35.2 Å². The first kappa shape index (κ1) is 13.1. The molecule has 1 aromatic carbocycles. The van der Waals surface area contributed by atoms with Crippen LogP contribution in [0.25, 0.3) is 10.9 Å². The fraction of sp³-hybridized carbons (Fsp3) is 0.375. The summed E-state index contributed by atoms with van der Waals surface area (Å²) in [5.74, 6) is 0.0907. The largest absolute Gasteiger partial charge is 0.338 e. The van der Waals surface area contributed by atoms with Gasteiger partial charge in [0.1, 0.15) is 0 Å². The van der Waals surface area contributed by atoms with Gasteiger partial charge in [-0.1, -0.05) is 13.0 Å². The van der Waals surface area contributed by atoms with Gasteiger partial charge in [-0.15, -0.1) is 0 Å². The third-order valence-electron chi connectivity index (χ3n) is 4.19. The van der Waals surface area contributed by atoms with E-state index in [9.17, 15) is 4.79 Å². The lowest BCUT2D eigenvalue weighted by atomic mass is 9.90. The summed E-state index contributed by atoms with van der Waals surface area (Å²) in [5.41, 5.74) is 7.50. The molecule has 1 aromatic heterocycles. The summed E-state index contributed by atoms with van der Waals surface area (Å²) in [6.45, 7) is 4.30. The van der Waals surface area contributed by atoms with Crippen molar-refractivity contribution < 1.29 is 4.79 Å². The zero-order valence-electron chi connectivity index (χ0n) is 11.7. The van der Waals surface area contributed by atoms with Gasteiger partial charge in [0, 0.05) is 30.2 Å². The van der Waals surface area contributed by atoms with Crippen LogP contribution in [0.4, 0.5) is 0 Å². The van der Waals surface area contributed by atoms with Gasteiger partial charge >= 0.3 is 0 Å². The van der Waals surface area contributed by atoms with E-state index in [1.54, 1.807) is 6.20 Å². The van der Waals surface area contributed by atoms with Crippen LogP contribution in [0.5, 0.6) is 0 Å². The fourth-order valence-corrected chi connectivity index (χ4v) is 2.75. The average Bonchev–Trinajstić information content (AvgIpc) is 2.89. The maximum Gasteiger partial charge on any atom is 0.253 e. The minimum atomic E-state index is 0.0636. The van der Waals surface area contributed by atoms with Gasteiger partial charge in [0.15, 0.2) is 0 Å². The van der Waals surface area contributed by atoms with Crippen LogP contribution in [-0.4, -0.2) is 35.4 Å². The Bertz CT molecular complexity index is 655. The number of pyridine rings is 1. The van der Waals surface area contributed by atoms with Crippen molar-refractivity contribution in [2.45, 2.75) is 13.3 Å². The summed E-state index contributed by atoms with van der Waals surface area (Å²) in [6, 6.07) is 9.55. The molecule has 1 unspecified atom stereocenters. The molecule has 0 spiro atoms. The highest BCUT2D eigenvalue weighted by Gasteiger charge is 2.35. The normalized spacial score (nSPS) is 22.4. The molecule has 2 aromatic rings. The lowest BCUT2D eigenvalue weighted by Crippen LogP contribution is -2.34. The molecule has 2 N–H and O–H groups in total. The Kier molecular flexibility index (Phi) is 3.18. The average molecular weight is 269 g/mol. The van der Waals surface area contributed by atoms with Crippen LogP contribution in [0.2, 0.25) is 0 Å². The number of hydrogen-bond donors (Lipinski definition) is 1. The minimum Gasteiger partial charge on any atom is -0.338 e. The molecule has 2 heterocycles. The van der Waals surface area contributed by atoms with Gasteiger partial charge in [-0.3, -0.25) is 9.78 Å². The Balaban J connectivity index is 1.86. The Morgan fingerprint density at radius 2 is 2.30 bits per heavy atom. The summed E-state index contributed by atoms with van der Waals surface area (Å²) in [4.78, 5) is 18.7. The molecule has 0 radical (unpaired) electrons. The topological polar surface area (TPSA) is 59.2 Å². The van der Waals surface area contributed by atoms with Gasteiger partial charge in [0.2, 0.25) is 0 Å². The van der Waals surface area contributed by atoms with Crippen LogP contribution in [-0.2, 0) is 0 Å². The van der Waals surface area contributed by atoms with Crippen LogP contribution < -0.4 is 5.73 Å². The van der Waals surface area contributed by atoms with E-state index < -0.39 is 0 Å². The Morgan fingerprint density at radius 1 is 1.45 bits per heavy atom. The van der Waals surface area contributed by atoms with Crippen molar-refractivity contribution in [1.29, 1.82) is 0 Å². The molecular weight excluding hydrogens is 250 g/mol. The van der Waals surface area contributed by atoms with E-state index in [1.165, 1.54) is 0 Å². The van der Waals surface area contributed by atoms with E-state index in [4.69, 9.17) is 5.73 Å². The molecule has 104 valence electrons. The molecule has 20 heavy (non-hydrogen) atoms. The molecular formula is C16H19N3O. The predicted octanol–water partition coefficient (Wildman–Crippen LogP) is 2.05. The third-order valence-corrected chi connectivity index (χ3v) is 4.19. The number of benzene rings is 1. The van der Waals surface area contributed by atoms with Crippen LogP contribution in [0.1, 0.15) is 23.7 Å². The number of rotatable bonds is 2. The van der Waals surface area contributed by atoms with Gasteiger partial charge in [-0.2, -0.15) is 0 Å². The highest BCUT2D eigenvalue weighted by atomic mass is 16.2. The number of nitrogens with two attached hydrogens (primary N) is 1. The molecule has 1 amide bonds. The van der Waals surface area contributed by atoms with Crippen molar-refractivity contribution in [2.75, 3.05) is 19.6 Å². The van der Waals surface area contributed by atoms with E-state index in [2.05, 4.69) is 11.9 Å². The smallest absolute Gasteiger partial charge is 0.253 e. The third kappa shape index (κ3) is 2.27.